The first kappa shape index (κ1) is 25.9. The second-order valence-corrected chi connectivity index (χ2v) is 9.34. The number of ether oxygens (including phenoxy) is 2. The zero-order valence-electron chi connectivity index (χ0n) is 20.8. The number of amides is 1. The van der Waals surface area contributed by atoms with E-state index in [0.29, 0.717) is 44.2 Å². The number of aliphatic hydroxyl groups excluding tert-OH is 1. The molecule has 0 bridgehead atoms. The van der Waals surface area contributed by atoms with Crippen molar-refractivity contribution in [2.75, 3.05) is 39.5 Å². The minimum Gasteiger partial charge on any atom is -0.475 e. The standard InChI is InChI=1S/C26H32FN5O4/c1-18-21(19-4-5-23(29-16-19)36-13-10-33)15-26(17-30-18,32-8-11-35-12-9-32)31-24(34)22-14-20(6-7-28-22)25(2,3)27/h4-7,14,16-17,33H,8-13,15H2,1-3H3,(H,31,34). The van der Waals surface area contributed by atoms with Gasteiger partial charge in [-0.3, -0.25) is 19.7 Å². The van der Waals surface area contributed by atoms with E-state index in [1.165, 1.54) is 26.1 Å². The summed E-state index contributed by atoms with van der Waals surface area (Å²) in [6.45, 7) is 7.16. The Morgan fingerprint density at radius 3 is 2.72 bits per heavy atom. The van der Waals surface area contributed by atoms with E-state index in [1.807, 2.05) is 13.0 Å². The number of rotatable bonds is 8. The molecule has 192 valence electrons. The summed E-state index contributed by atoms with van der Waals surface area (Å²) < 4.78 is 25.5. The van der Waals surface area contributed by atoms with E-state index in [1.54, 1.807) is 24.5 Å². The summed E-state index contributed by atoms with van der Waals surface area (Å²) in [5.74, 6) is 0.00340. The predicted molar refractivity (Wildman–Crippen MR) is 133 cm³/mol. The van der Waals surface area contributed by atoms with Crippen LogP contribution in [-0.2, 0) is 10.4 Å². The first-order valence-electron chi connectivity index (χ1n) is 12.0. The SMILES string of the molecule is CC1=C(c2ccc(OCCO)nc2)CC(NC(=O)c2cc(C(C)(C)F)ccn2)(N2CCOCC2)C=N1. The number of morpholine rings is 1. The van der Waals surface area contributed by atoms with Crippen molar-refractivity contribution in [2.45, 2.75) is 38.5 Å². The van der Waals surface area contributed by atoms with E-state index in [0.717, 1.165) is 16.8 Å². The molecule has 0 aromatic carbocycles. The third-order valence-electron chi connectivity index (χ3n) is 6.37. The highest BCUT2D eigenvalue weighted by atomic mass is 19.1. The van der Waals surface area contributed by atoms with Gasteiger partial charge in [0.25, 0.3) is 5.91 Å². The summed E-state index contributed by atoms with van der Waals surface area (Å²) >= 11 is 0. The van der Waals surface area contributed by atoms with Crippen LogP contribution in [0.15, 0.2) is 47.3 Å². The molecule has 2 aromatic heterocycles. The van der Waals surface area contributed by atoms with Gasteiger partial charge >= 0.3 is 0 Å². The first-order valence-corrected chi connectivity index (χ1v) is 12.0. The Morgan fingerprint density at radius 1 is 1.28 bits per heavy atom. The van der Waals surface area contributed by atoms with Crippen molar-refractivity contribution in [1.82, 2.24) is 20.2 Å². The molecule has 1 amide bonds. The molecule has 1 fully saturated rings. The minimum atomic E-state index is -1.60. The van der Waals surface area contributed by atoms with Crippen LogP contribution in [-0.4, -0.2) is 77.3 Å². The molecule has 2 aromatic rings. The number of halogens is 1. The molecular weight excluding hydrogens is 465 g/mol. The Morgan fingerprint density at radius 2 is 2.06 bits per heavy atom. The third kappa shape index (κ3) is 5.77. The predicted octanol–water partition coefficient (Wildman–Crippen LogP) is 2.72. The number of aliphatic hydroxyl groups is 1. The number of carbonyl (C=O) groups excluding carboxylic acids is 1. The number of nitrogens with zero attached hydrogens (tertiary/aromatic N) is 4. The molecule has 4 rings (SSSR count). The van der Waals surface area contributed by atoms with Crippen molar-refractivity contribution in [1.29, 1.82) is 0 Å². The lowest BCUT2D eigenvalue weighted by Crippen LogP contribution is -2.65. The van der Waals surface area contributed by atoms with Gasteiger partial charge in [-0.1, -0.05) is 0 Å². The molecule has 1 atom stereocenters. The number of carbonyl (C=O) groups is 1. The van der Waals surface area contributed by atoms with Gasteiger partial charge in [-0.2, -0.15) is 0 Å². The Balaban J connectivity index is 1.64. The average Bonchev–Trinajstić information content (AvgIpc) is 2.89. The van der Waals surface area contributed by atoms with E-state index in [2.05, 4.69) is 25.2 Å². The molecule has 0 radical (unpaired) electrons. The number of alkyl halides is 1. The molecule has 2 aliphatic rings. The van der Waals surface area contributed by atoms with Crippen LogP contribution in [0.1, 0.15) is 48.8 Å². The number of hydrogen-bond donors (Lipinski definition) is 2. The second kappa shape index (κ2) is 10.8. The molecule has 36 heavy (non-hydrogen) atoms. The fraction of sp³-hybridized carbons (Fsp3) is 0.462. The Bertz CT molecular complexity index is 1140. The highest BCUT2D eigenvalue weighted by molar-refractivity contribution is 5.96. The maximum absolute atomic E-state index is 14.5. The summed E-state index contributed by atoms with van der Waals surface area (Å²) in [5.41, 5.74) is 0.594. The molecule has 10 heteroatoms. The van der Waals surface area contributed by atoms with E-state index >= 15 is 0 Å². The quantitative estimate of drug-likeness (QED) is 0.577. The van der Waals surface area contributed by atoms with Crippen molar-refractivity contribution < 1.29 is 23.8 Å². The van der Waals surface area contributed by atoms with Gasteiger partial charge in [-0.25, -0.2) is 9.37 Å². The topological polar surface area (TPSA) is 109 Å². The smallest absolute Gasteiger partial charge is 0.271 e. The van der Waals surface area contributed by atoms with E-state index in [9.17, 15) is 9.18 Å². The van der Waals surface area contributed by atoms with E-state index in [-0.39, 0.29) is 18.9 Å². The highest BCUT2D eigenvalue weighted by Gasteiger charge is 2.41. The first-order chi connectivity index (χ1) is 17.2. The van der Waals surface area contributed by atoms with Gasteiger partial charge in [-0.05, 0) is 55.7 Å². The lowest BCUT2D eigenvalue weighted by molar-refractivity contribution is -0.00627. The fourth-order valence-corrected chi connectivity index (χ4v) is 4.33. The maximum Gasteiger partial charge on any atom is 0.271 e. The molecule has 2 N–H and O–H groups in total. The fourth-order valence-electron chi connectivity index (χ4n) is 4.33. The van der Waals surface area contributed by atoms with E-state index < -0.39 is 17.2 Å². The normalized spacial score (nSPS) is 20.9. The molecular formula is C26H32FN5O4. The number of aliphatic imine (C=N–C) groups is 1. The highest BCUT2D eigenvalue weighted by Crippen LogP contribution is 2.35. The molecule has 0 saturated carbocycles. The molecule has 4 heterocycles. The Kier molecular flexibility index (Phi) is 7.77. The lowest BCUT2D eigenvalue weighted by Gasteiger charge is -2.45. The summed E-state index contributed by atoms with van der Waals surface area (Å²) in [7, 11) is 0. The van der Waals surface area contributed by atoms with Gasteiger partial charge < -0.3 is 19.9 Å². The van der Waals surface area contributed by atoms with Gasteiger partial charge in [0.05, 0.1) is 19.8 Å². The maximum atomic E-state index is 14.5. The number of nitrogens with one attached hydrogen (secondary N) is 1. The molecule has 2 aliphatic heterocycles. The van der Waals surface area contributed by atoms with Gasteiger partial charge in [0.1, 0.15) is 23.6 Å². The summed E-state index contributed by atoms with van der Waals surface area (Å²) in [4.78, 5) is 28.8. The third-order valence-corrected chi connectivity index (χ3v) is 6.37. The zero-order valence-corrected chi connectivity index (χ0v) is 20.8. The summed E-state index contributed by atoms with van der Waals surface area (Å²) in [5, 5.41) is 12.1. The van der Waals surface area contributed by atoms with Crippen LogP contribution in [0, 0.1) is 0 Å². The Labute approximate surface area is 210 Å². The molecule has 0 spiro atoms. The summed E-state index contributed by atoms with van der Waals surface area (Å²) in [6, 6.07) is 6.69. The van der Waals surface area contributed by atoms with Crippen molar-refractivity contribution in [2.24, 2.45) is 4.99 Å². The lowest BCUT2D eigenvalue weighted by atomic mass is 9.90. The monoisotopic (exact) mass is 497 g/mol. The van der Waals surface area contributed by atoms with Gasteiger partial charge in [0.15, 0.2) is 0 Å². The second-order valence-electron chi connectivity index (χ2n) is 9.34. The largest absolute Gasteiger partial charge is 0.475 e. The number of hydrogen-bond acceptors (Lipinski definition) is 8. The molecule has 9 nitrogen and oxygen atoms in total. The van der Waals surface area contributed by atoms with Crippen molar-refractivity contribution in [3.63, 3.8) is 0 Å². The van der Waals surface area contributed by atoms with Crippen LogP contribution in [0.5, 0.6) is 5.88 Å². The van der Waals surface area contributed by atoms with Crippen LogP contribution in [0.3, 0.4) is 0 Å². The molecule has 0 aliphatic carbocycles. The van der Waals surface area contributed by atoms with Crippen molar-refractivity contribution >= 4 is 17.7 Å². The van der Waals surface area contributed by atoms with Crippen LogP contribution in [0.4, 0.5) is 4.39 Å². The van der Waals surface area contributed by atoms with Crippen LogP contribution in [0.25, 0.3) is 5.57 Å². The van der Waals surface area contributed by atoms with Crippen LogP contribution >= 0.6 is 0 Å². The van der Waals surface area contributed by atoms with Crippen molar-refractivity contribution in [3.05, 3.63) is 59.2 Å². The number of pyridine rings is 2. The minimum absolute atomic E-state index is 0.0925. The molecule has 1 unspecified atom stereocenters. The van der Waals surface area contributed by atoms with Gasteiger partial charge in [0, 0.05) is 49.9 Å². The van der Waals surface area contributed by atoms with Crippen LogP contribution < -0.4 is 10.1 Å². The van der Waals surface area contributed by atoms with Gasteiger partial charge in [-0.15, -0.1) is 0 Å². The van der Waals surface area contributed by atoms with E-state index in [4.69, 9.17) is 14.6 Å². The van der Waals surface area contributed by atoms with Gasteiger partial charge in [0.2, 0.25) is 5.88 Å². The average molecular weight is 498 g/mol. The zero-order chi connectivity index (χ0) is 25.8. The Hall–Kier alpha value is -3.21. The number of aromatic nitrogens is 2. The number of allylic oxidation sites excluding steroid dienone is 1. The summed E-state index contributed by atoms with van der Waals surface area (Å²) in [6.07, 6.45) is 5.36. The molecule has 1 saturated heterocycles. The van der Waals surface area contributed by atoms with Crippen LogP contribution in [0.2, 0.25) is 0 Å². The van der Waals surface area contributed by atoms with Crippen molar-refractivity contribution in [3.8, 4) is 5.88 Å².